The molecule has 0 spiro atoms. The van der Waals surface area contributed by atoms with Crippen LogP contribution in [0.2, 0.25) is 0 Å². The monoisotopic (exact) mass is 273 g/mol. The molecule has 1 heterocycles. The van der Waals surface area contributed by atoms with E-state index in [1.54, 1.807) is 25.3 Å². The van der Waals surface area contributed by atoms with Crippen molar-refractivity contribution in [2.45, 2.75) is 0 Å². The van der Waals surface area contributed by atoms with Gasteiger partial charge in [0.1, 0.15) is 11.5 Å². The molecule has 0 atom stereocenters. The van der Waals surface area contributed by atoms with E-state index in [0.717, 1.165) is 11.4 Å². The largest absolute Gasteiger partial charge is 0.497 e. The Morgan fingerprint density at radius 2 is 2.30 bits per heavy atom. The number of hydrogen-bond donors (Lipinski definition) is 2. The van der Waals surface area contributed by atoms with Crippen molar-refractivity contribution >= 4 is 17.8 Å². The second kappa shape index (κ2) is 6.98. The Balaban J connectivity index is 1.77. The number of benzene rings is 1. The molecule has 1 amide bonds. The molecule has 0 bridgehead atoms. The average molecular weight is 273 g/mol. The molecule has 2 rings (SSSR count). The zero-order chi connectivity index (χ0) is 14.2. The van der Waals surface area contributed by atoms with Crippen molar-refractivity contribution in [3.05, 3.63) is 48.4 Å². The maximum absolute atomic E-state index is 11.6. The molecule has 104 valence electrons. The maximum Gasteiger partial charge on any atom is 0.259 e. The Morgan fingerprint density at radius 3 is 3.05 bits per heavy atom. The molecule has 6 nitrogen and oxygen atoms in total. The molecular formula is C14H15N3O3. The fourth-order valence-corrected chi connectivity index (χ4v) is 1.49. The van der Waals surface area contributed by atoms with Crippen LogP contribution >= 0.6 is 0 Å². The Morgan fingerprint density at radius 1 is 1.40 bits per heavy atom. The first-order valence-corrected chi connectivity index (χ1v) is 6.01. The van der Waals surface area contributed by atoms with Crippen LogP contribution < -0.4 is 15.5 Å². The van der Waals surface area contributed by atoms with E-state index < -0.39 is 0 Å². The quantitative estimate of drug-likeness (QED) is 0.622. The van der Waals surface area contributed by atoms with Crippen molar-refractivity contribution in [3.8, 4) is 5.75 Å². The topological polar surface area (TPSA) is 75.9 Å². The predicted octanol–water partition coefficient (Wildman–Crippen LogP) is 1.85. The molecule has 0 aliphatic rings. The number of methoxy groups -OCH3 is 1. The zero-order valence-corrected chi connectivity index (χ0v) is 11.0. The van der Waals surface area contributed by atoms with Crippen LogP contribution in [0.15, 0.2) is 52.2 Å². The highest BCUT2D eigenvalue weighted by Crippen LogP contribution is 2.16. The van der Waals surface area contributed by atoms with Crippen LogP contribution in [-0.4, -0.2) is 25.8 Å². The molecule has 0 saturated heterocycles. The number of nitrogens with zero attached hydrogens (tertiary/aromatic N) is 1. The van der Waals surface area contributed by atoms with E-state index in [4.69, 9.17) is 9.15 Å². The third kappa shape index (κ3) is 4.16. The van der Waals surface area contributed by atoms with E-state index in [-0.39, 0.29) is 12.5 Å². The number of hydrogen-bond acceptors (Lipinski definition) is 5. The second-order valence-electron chi connectivity index (χ2n) is 3.89. The molecule has 0 unspecified atom stereocenters. The van der Waals surface area contributed by atoms with E-state index in [1.807, 2.05) is 18.2 Å². The van der Waals surface area contributed by atoms with Crippen LogP contribution in [0.3, 0.4) is 0 Å². The third-order valence-corrected chi connectivity index (χ3v) is 2.45. The fraction of sp³-hybridized carbons (Fsp3) is 0.143. The summed E-state index contributed by atoms with van der Waals surface area (Å²) in [6.07, 6.45) is 2.97. The van der Waals surface area contributed by atoms with Gasteiger partial charge >= 0.3 is 0 Å². The Hall–Kier alpha value is -2.76. The standard InChI is InChI=1S/C14H15N3O3/c1-19-12-5-2-4-11(8-12)15-10-14(18)17-16-9-13-6-3-7-20-13/h2-9,15H,10H2,1H3,(H,17,18)/b16-9-. The molecule has 0 saturated carbocycles. The summed E-state index contributed by atoms with van der Waals surface area (Å²) in [5.41, 5.74) is 3.20. The van der Waals surface area contributed by atoms with Crippen LogP contribution in [0.1, 0.15) is 5.76 Å². The molecule has 0 radical (unpaired) electrons. The van der Waals surface area contributed by atoms with E-state index in [1.165, 1.54) is 12.5 Å². The Kier molecular flexibility index (Phi) is 4.77. The van der Waals surface area contributed by atoms with Crippen molar-refractivity contribution < 1.29 is 13.9 Å². The van der Waals surface area contributed by atoms with Gasteiger partial charge in [0.2, 0.25) is 0 Å². The molecule has 1 aromatic heterocycles. The van der Waals surface area contributed by atoms with E-state index >= 15 is 0 Å². The van der Waals surface area contributed by atoms with Gasteiger partial charge in [-0.05, 0) is 24.3 Å². The lowest BCUT2D eigenvalue weighted by atomic mass is 10.3. The van der Waals surface area contributed by atoms with E-state index in [0.29, 0.717) is 5.76 Å². The number of nitrogens with one attached hydrogen (secondary N) is 2. The molecule has 2 N–H and O–H groups in total. The van der Waals surface area contributed by atoms with Gasteiger partial charge in [-0.3, -0.25) is 4.79 Å². The minimum Gasteiger partial charge on any atom is -0.497 e. The average Bonchev–Trinajstić information content (AvgIpc) is 2.98. The van der Waals surface area contributed by atoms with E-state index in [9.17, 15) is 4.79 Å². The van der Waals surface area contributed by atoms with Gasteiger partial charge < -0.3 is 14.5 Å². The first-order chi connectivity index (χ1) is 9.78. The van der Waals surface area contributed by atoms with Gasteiger partial charge in [-0.1, -0.05) is 6.07 Å². The van der Waals surface area contributed by atoms with Gasteiger partial charge in [0.15, 0.2) is 0 Å². The molecule has 0 aliphatic heterocycles. The summed E-state index contributed by atoms with van der Waals surface area (Å²) in [6, 6.07) is 10.8. The van der Waals surface area contributed by atoms with Gasteiger partial charge in [0.05, 0.1) is 26.1 Å². The number of carbonyl (C=O) groups is 1. The first kappa shape index (κ1) is 13.7. The number of rotatable bonds is 6. The number of carbonyl (C=O) groups excluding carboxylic acids is 1. The number of furan rings is 1. The number of hydrazone groups is 1. The molecule has 1 aromatic carbocycles. The van der Waals surface area contributed by atoms with Crippen molar-refractivity contribution in [2.75, 3.05) is 19.0 Å². The number of amides is 1. The van der Waals surface area contributed by atoms with Crippen LogP contribution in [0.5, 0.6) is 5.75 Å². The van der Waals surface area contributed by atoms with Crippen LogP contribution in [0.4, 0.5) is 5.69 Å². The van der Waals surface area contributed by atoms with Crippen LogP contribution in [-0.2, 0) is 4.79 Å². The summed E-state index contributed by atoms with van der Waals surface area (Å²) < 4.78 is 10.1. The minimum atomic E-state index is -0.254. The Labute approximate surface area is 116 Å². The highest BCUT2D eigenvalue weighted by molar-refractivity contribution is 5.83. The van der Waals surface area contributed by atoms with Gasteiger partial charge in [0.25, 0.3) is 5.91 Å². The summed E-state index contributed by atoms with van der Waals surface area (Å²) in [7, 11) is 1.59. The molecule has 6 heteroatoms. The van der Waals surface area contributed by atoms with Crippen molar-refractivity contribution in [3.63, 3.8) is 0 Å². The lowest BCUT2D eigenvalue weighted by Gasteiger charge is -2.06. The van der Waals surface area contributed by atoms with Gasteiger partial charge in [-0.15, -0.1) is 0 Å². The van der Waals surface area contributed by atoms with Gasteiger partial charge in [-0.25, -0.2) is 5.43 Å². The van der Waals surface area contributed by atoms with Crippen molar-refractivity contribution in [2.24, 2.45) is 5.10 Å². The summed E-state index contributed by atoms with van der Waals surface area (Å²) in [6.45, 7) is 0.114. The van der Waals surface area contributed by atoms with Crippen LogP contribution in [0.25, 0.3) is 0 Å². The molecule has 0 aliphatic carbocycles. The summed E-state index contributed by atoms with van der Waals surface area (Å²) in [5, 5.41) is 6.75. The van der Waals surface area contributed by atoms with Crippen molar-refractivity contribution in [1.29, 1.82) is 0 Å². The van der Waals surface area contributed by atoms with Crippen molar-refractivity contribution in [1.82, 2.24) is 5.43 Å². The highest BCUT2D eigenvalue weighted by Gasteiger charge is 2.00. The van der Waals surface area contributed by atoms with E-state index in [2.05, 4.69) is 15.8 Å². The number of anilines is 1. The molecule has 0 fully saturated rings. The molecule has 20 heavy (non-hydrogen) atoms. The minimum absolute atomic E-state index is 0.114. The second-order valence-corrected chi connectivity index (χ2v) is 3.89. The predicted molar refractivity (Wildman–Crippen MR) is 75.9 cm³/mol. The lowest BCUT2D eigenvalue weighted by Crippen LogP contribution is -2.25. The smallest absolute Gasteiger partial charge is 0.259 e. The Bertz CT molecular complexity index is 579. The van der Waals surface area contributed by atoms with Crippen LogP contribution in [0, 0.1) is 0 Å². The zero-order valence-electron chi connectivity index (χ0n) is 11.0. The fourth-order valence-electron chi connectivity index (χ4n) is 1.49. The number of ether oxygens (including phenoxy) is 1. The van der Waals surface area contributed by atoms with Gasteiger partial charge in [-0.2, -0.15) is 5.10 Å². The van der Waals surface area contributed by atoms with Gasteiger partial charge in [0, 0.05) is 11.8 Å². The summed E-state index contributed by atoms with van der Waals surface area (Å²) >= 11 is 0. The lowest BCUT2D eigenvalue weighted by molar-refractivity contribution is -0.119. The normalized spacial score (nSPS) is 10.4. The first-order valence-electron chi connectivity index (χ1n) is 6.01. The summed E-state index contributed by atoms with van der Waals surface area (Å²) in [4.78, 5) is 11.6. The third-order valence-electron chi connectivity index (χ3n) is 2.45. The summed E-state index contributed by atoms with van der Waals surface area (Å²) in [5.74, 6) is 1.05. The molecular weight excluding hydrogens is 258 g/mol. The SMILES string of the molecule is COc1cccc(NCC(=O)N/N=C\c2ccco2)c1. The highest BCUT2D eigenvalue weighted by atomic mass is 16.5. The molecule has 2 aromatic rings. The maximum atomic E-state index is 11.6.